The number of alkyl halides is 3. The molecule has 0 bridgehead atoms. The van der Waals surface area contributed by atoms with Crippen LogP contribution in [0.25, 0.3) is 6.08 Å². The number of nitrogens with zero attached hydrogens (tertiary/aromatic N) is 1. The third-order valence-corrected chi connectivity index (χ3v) is 4.64. The van der Waals surface area contributed by atoms with Crippen LogP contribution in [0.15, 0.2) is 30.3 Å². The minimum Gasteiger partial charge on any atom is -0.348 e. The van der Waals surface area contributed by atoms with E-state index in [2.05, 4.69) is 10.3 Å². The standard InChI is InChI=1S/C20H20F5N3O3S/c1-11(2)18-13(4-6-16(27-18)20(23,24)25)5-7-17(29)26-10-12-8-14(21)19(15(22)9-12)28-32(3,30)31/h4-9,11,28H,10H2,1-3H3,(H,26,29)/b7-5+. The topological polar surface area (TPSA) is 88.2 Å². The van der Waals surface area contributed by atoms with Gasteiger partial charge in [0.15, 0.2) is 11.6 Å². The number of carbonyl (C=O) groups is 1. The van der Waals surface area contributed by atoms with Crippen LogP contribution in [0.2, 0.25) is 0 Å². The second kappa shape index (κ2) is 9.63. The van der Waals surface area contributed by atoms with Gasteiger partial charge in [-0.1, -0.05) is 19.9 Å². The number of nitrogens with one attached hydrogen (secondary N) is 2. The van der Waals surface area contributed by atoms with Gasteiger partial charge in [-0.3, -0.25) is 9.52 Å². The molecule has 1 aromatic heterocycles. The number of aromatic nitrogens is 1. The molecule has 2 N–H and O–H groups in total. The Morgan fingerprint density at radius 1 is 1.16 bits per heavy atom. The van der Waals surface area contributed by atoms with E-state index >= 15 is 0 Å². The van der Waals surface area contributed by atoms with Crippen molar-refractivity contribution in [1.29, 1.82) is 0 Å². The Morgan fingerprint density at radius 2 is 1.75 bits per heavy atom. The van der Waals surface area contributed by atoms with Crippen LogP contribution in [0.3, 0.4) is 0 Å². The second-order valence-corrected chi connectivity index (χ2v) is 8.93. The number of pyridine rings is 1. The van der Waals surface area contributed by atoms with Gasteiger partial charge in [0.2, 0.25) is 15.9 Å². The minimum atomic E-state index is -4.60. The number of halogens is 5. The number of carbonyl (C=O) groups excluding carboxylic acids is 1. The van der Waals surface area contributed by atoms with Crippen LogP contribution in [-0.2, 0) is 27.5 Å². The zero-order valence-electron chi connectivity index (χ0n) is 17.2. The van der Waals surface area contributed by atoms with Crippen molar-refractivity contribution in [3.8, 4) is 0 Å². The number of benzene rings is 1. The van der Waals surface area contributed by atoms with Crippen molar-refractivity contribution in [2.24, 2.45) is 0 Å². The van der Waals surface area contributed by atoms with Crippen molar-refractivity contribution in [1.82, 2.24) is 10.3 Å². The molecule has 0 atom stereocenters. The molecule has 0 aliphatic heterocycles. The molecule has 0 saturated carbocycles. The van der Waals surface area contributed by atoms with Gasteiger partial charge in [0.1, 0.15) is 11.4 Å². The summed E-state index contributed by atoms with van der Waals surface area (Å²) in [6.45, 7) is 3.04. The molecule has 174 valence electrons. The van der Waals surface area contributed by atoms with Crippen molar-refractivity contribution in [2.45, 2.75) is 32.5 Å². The molecular weight excluding hydrogens is 457 g/mol. The fourth-order valence-electron chi connectivity index (χ4n) is 2.67. The van der Waals surface area contributed by atoms with Gasteiger partial charge in [-0.15, -0.1) is 0 Å². The van der Waals surface area contributed by atoms with Crippen LogP contribution in [0, 0.1) is 11.6 Å². The second-order valence-electron chi connectivity index (χ2n) is 7.18. The smallest absolute Gasteiger partial charge is 0.348 e. The summed E-state index contributed by atoms with van der Waals surface area (Å²) >= 11 is 0. The van der Waals surface area contributed by atoms with Crippen molar-refractivity contribution < 1.29 is 35.2 Å². The van der Waals surface area contributed by atoms with E-state index < -0.39 is 45.1 Å². The molecule has 12 heteroatoms. The third kappa shape index (κ3) is 7.01. The Labute approximate surface area is 181 Å². The molecule has 2 aromatic rings. The van der Waals surface area contributed by atoms with Crippen LogP contribution in [0.4, 0.5) is 27.6 Å². The number of rotatable bonds is 7. The summed E-state index contributed by atoms with van der Waals surface area (Å²) in [7, 11) is -3.89. The maximum absolute atomic E-state index is 14.0. The normalized spacial score (nSPS) is 12.4. The van der Waals surface area contributed by atoms with Gasteiger partial charge in [-0.2, -0.15) is 13.2 Å². The molecule has 0 unspecified atom stereocenters. The average molecular weight is 477 g/mol. The number of anilines is 1. The summed E-state index contributed by atoms with van der Waals surface area (Å²) in [5, 5.41) is 2.38. The molecule has 1 aromatic carbocycles. The van der Waals surface area contributed by atoms with Crippen molar-refractivity contribution in [3.63, 3.8) is 0 Å². The van der Waals surface area contributed by atoms with Crippen molar-refractivity contribution in [3.05, 3.63) is 64.5 Å². The zero-order chi connectivity index (χ0) is 24.3. The summed E-state index contributed by atoms with van der Waals surface area (Å²) in [5.41, 5.74) is -1.38. The predicted octanol–water partition coefficient (Wildman–Crippen LogP) is 4.20. The number of sulfonamides is 1. The van der Waals surface area contributed by atoms with Gasteiger partial charge < -0.3 is 5.32 Å². The first-order chi connectivity index (χ1) is 14.7. The van der Waals surface area contributed by atoms with Gasteiger partial charge in [0.25, 0.3) is 0 Å². The van der Waals surface area contributed by atoms with E-state index in [1.54, 1.807) is 18.6 Å². The van der Waals surface area contributed by atoms with E-state index in [0.29, 0.717) is 5.56 Å². The summed E-state index contributed by atoms with van der Waals surface area (Å²) in [6, 6.07) is 3.72. The van der Waals surface area contributed by atoms with Crippen molar-refractivity contribution >= 4 is 27.7 Å². The van der Waals surface area contributed by atoms with Gasteiger partial charge in [0, 0.05) is 12.6 Å². The molecule has 6 nitrogen and oxygen atoms in total. The third-order valence-electron chi connectivity index (χ3n) is 4.07. The van der Waals surface area contributed by atoms with Gasteiger partial charge in [0.05, 0.1) is 11.9 Å². The molecule has 0 radical (unpaired) electrons. The molecule has 0 aliphatic rings. The summed E-state index contributed by atoms with van der Waals surface area (Å²) < 4.78 is 90.6. The zero-order valence-corrected chi connectivity index (χ0v) is 18.0. The molecule has 1 heterocycles. The molecule has 0 spiro atoms. The van der Waals surface area contributed by atoms with E-state index in [0.717, 1.165) is 30.5 Å². The number of amides is 1. The van der Waals surface area contributed by atoms with E-state index in [1.165, 1.54) is 12.1 Å². The molecule has 2 rings (SSSR count). The number of hydrogen-bond acceptors (Lipinski definition) is 4. The quantitative estimate of drug-likeness (QED) is 0.462. The van der Waals surface area contributed by atoms with E-state index in [1.807, 2.05) is 0 Å². The first-order valence-electron chi connectivity index (χ1n) is 9.17. The van der Waals surface area contributed by atoms with E-state index in [4.69, 9.17) is 0 Å². The Balaban J connectivity index is 2.12. The number of hydrogen-bond donors (Lipinski definition) is 2. The first-order valence-corrected chi connectivity index (χ1v) is 11.1. The lowest BCUT2D eigenvalue weighted by Gasteiger charge is -2.13. The molecular formula is C20H20F5N3O3S. The maximum atomic E-state index is 14.0. The summed E-state index contributed by atoms with van der Waals surface area (Å²) in [5.74, 6) is -3.33. The SMILES string of the molecule is CC(C)c1nc(C(F)(F)F)ccc1/C=C/C(=O)NCc1cc(F)c(NS(C)(=O)=O)c(F)c1. The van der Waals surface area contributed by atoms with Crippen LogP contribution < -0.4 is 10.0 Å². The van der Waals surface area contributed by atoms with Crippen LogP contribution >= 0.6 is 0 Å². The first kappa shape index (κ1) is 25.2. The monoisotopic (exact) mass is 477 g/mol. The van der Waals surface area contributed by atoms with Crippen LogP contribution in [0.5, 0.6) is 0 Å². The molecule has 0 fully saturated rings. The molecule has 1 amide bonds. The Hall–Kier alpha value is -3.02. The minimum absolute atomic E-state index is 0.0277. The van der Waals surface area contributed by atoms with Gasteiger partial charge in [-0.05, 0) is 41.3 Å². The highest BCUT2D eigenvalue weighted by molar-refractivity contribution is 7.92. The maximum Gasteiger partial charge on any atom is 0.433 e. The highest BCUT2D eigenvalue weighted by Gasteiger charge is 2.33. The Bertz CT molecular complexity index is 1120. The largest absolute Gasteiger partial charge is 0.433 e. The average Bonchev–Trinajstić information content (AvgIpc) is 2.65. The highest BCUT2D eigenvalue weighted by Crippen LogP contribution is 2.30. The van der Waals surface area contributed by atoms with Crippen molar-refractivity contribution in [2.75, 3.05) is 11.0 Å². The van der Waals surface area contributed by atoms with Crippen LogP contribution in [-0.4, -0.2) is 25.6 Å². The lowest BCUT2D eigenvalue weighted by molar-refractivity contribution is -0.141. The van der Waals surface area contributed by atoms with E-state index in [-0.39, 0.29) is 23.7 Å². The summed E-state index contributed by atoms with van der Waals surface area (Å²) in [4.78, 5) is 15.7. The van der Waals surface area contributed by atoms with Crippen LogP contribution in [0.1, 0.15) is 42.3 Å². The fourth-order valence-corrected chi connectivity index (χ4v) is 3.24. The fraction of sp³-hybridized carbons (Fsp3) is 0.300. The van der Waals surface area contributed by atoms with E-state index in [9.17, 15) is 35.2 Å². The van der Waals surface area contributed by atoms with Gasteiger partial charge in [-0.25, -0.2) is 22.2 Å². The van der Waals surface area contributed by atoms with Gasteiger partial charge >= 0.3 is 6.18 Å². The highest BCUT2D eigenvalue weighted by atomic mass is 32.2. The summed E-state index contributed by atoms with van der Waals surface area (Å²) in [6.07, 6.45) is -1.51. The molecule has 0 aliphatic carbocycles. The Kier molecular flexibility index (Phi) is 7.60. The lowest BCUT2D eigenvalue weighted by Crippen LogP contribution is -2.21. The predicted molar refractivity (Wildman–Crippen MR) is 109 cm³/mol. The Morgan fingerprint density at radius 3 is 2.25 bits per heavy atom. The lowest BCUT2D eigenvalue weighted by atomic mass is 10.0. The molecule has 32 heavy (non-hydrogen) atoms. The molecule has 0 saturated heterocycles.